The number of carboxylic acid groups (broad SMARTS) is 1. The van der Waals surface area contributed by atoms with E-state index < -0.39 is 17.7 Å². The average Bonchev–Trinajstić information content (AvgIpc) is 2.28. The largest absolute Gasteiger partial charge is 0.530 e. The van der Waals surface area contributed by atoms with Crippen molar-refractivity contribution in [3.8, 4) is 0 Å². The molecule has 0 aromatic heterocycles. The van der Waals surface area contributed by atoms with E-state index in [0.29, 0.717) is 6.42 Å². The van der Waals surface area contributed by atoms with Crippen LogP contribution in [-0.2, 0) is 6.42 Å². The van der Waals surface area contributed by atoms with Crippen molar-refractivity contribution in [2.45, 2.75) is 38.8 Å². The molecule has 4 nitrogen and oxygen atoms in total. The first-order valence-corrected chi connectivity index (χ1v) is 6.90. The number of carbonyl (C=O) groups excluding carboxylic acids is 1. The van der Waals surface area contributed by atoms with Crippen LogP contribution in [0, 0.1) is 0 Å². The molecule has 0 fully saturated rings. The first-order chi connectivity index (χ1) is 8.75. The maximum absolute atomic E-state index is 11.3. The highest BCUT2D eigenvalue weighted by Crippen LogP contribution is 2.20. The number of aliphatic hydroxyl groups excluding tert-OH is 1. The van der Waals surface area contributed by atoms with Crippen LogP contribution in [0.1, 0.15) is 26.3 Å². The Morgan fingerprint density at radius 3 is 2.26 bits per heavy atom. The number of benzene rings is 1. The van der Waals surface area contributed by atoms with Crippen molar-refractivity contribution < 1.29 is 15.0 Å². The van der Waals surface area contributed by atoms with Crippen molar-refractivity contribution in [3.63, 3.8) is 0 Å². The molecule has 1 N–H and O–H groups in total. The van der Waals surface area contributed by atoms with Crippen molar-refractivity contribution in [1.82, 2.24) is 4.90 Å². The molecular weight excluding hydrogens is 310 g/mol. The number of nitrogens with zero attached hydrogens (tertiary/aromatic N) is 1. The number of hydrogen-bond donors (Lipinski definition) is 1. The molecule has 0 saturated carbocycles. The molecule has 1 atom stereocenters. The Labute approximate surface area is 122 Å². The molecule has 0 aliphatic heterocycles. The number of hydrogen-bond acceptors (Lipinski definition) is 3. The molecule has 1 aromatic rings. The van der Waals surface area contributed by atoms with Gasteiger partial charge in [-0.15, -0.1) is 0 Å². The second kappa shape index (κ2) is 6.39. The monoisotopic (exact) mass is 328 g/mol. The van der Waals surface area contributed by atoms with E-state index in [1.54, 1.807) is 20.8 Å². The van der Waals surface area contributed by atoms with Gasteiger partial charge in [0.15, 0.2) is 0 Å². The molecular formula is C14H19BrNO3-. The molecule has 0 aliphatic rings. The Morgan fingerprint density at radius 2 is 1.89 bits per heavy atom. The lowest BCUT2D eigenvalue weighted by Gasteiger charge is -2.43. The number of halogens is 1. The van der Waals surface area contributed by atoms with Crippen molar-refractivity contribution in [2.24, 2.45) is 0 Å². The van der Waals surface area contributed by atoms with Crippen LogP contribution in [0.4, 0.5) is 4.79 Å². The molecule has 0 radical (unpaired) electrons. The molecule has 1 amide bonds. The Balaban J connectivity index is 2.92. The van der Waals surface area contributed by atoms with Gasteiger partial charge in [-0.1, -0.05) is 28.1 Å². The highest BCUT2D eigenvalue weighted by atomic mass is 79.9. The first kappa shape index (κ1) is 16.0. The summed E-state index contributed by atoms with van der Waals surface area (Å²) >= 11 is 3.35. The van der Waals surface area contributed by atoms with Crippen molar-refractivity contribution in [3.05, 3.63) is 34.3 Å². The summed E-state index contributed by atoms with van der Waals surface area (Å²) in [6.07, 6.45) is -0.807. The summed E-state index contributed by atoms with van der Waals surface area (Å²) in [5.41, 5.74) is 0.361. The lowest BCUT2D eigenvalue weighted by molar-refractivity contribution is -0.274. The van der Waals surface area contributed by atoms with Gasteiger partial charge < -0.3 is 19.9 Å². The molecule has 0 spiro atoms. The van der Waals surface area contributed by atoms with Gasteiger partial charge in [0, 0.05) is 10.0 Å². The van der Waals surface area contributed by atoms with E-state index in [4.69, 9.17) is 0 Å². The molecule has 0 heterocycles. The van der Waals surface area contributed by atoms with Gasteiger partial charge >= 0.3 is 0 Å². The van der Waals surface area contributed by atoms with E-state index in [0.717, 1.165) is 10.0 Å². The molecule has 0 saturated heterocycles. The summed E-state index contributed by atoms with van der Waals surface area (Å²) in [7, 11) is 0. The average molecular weight is 329 g/mol. The zero-order valence-electron chi connectivity index (χ0n) is 11.4. The summed E-state index contributed by atoms with van der Waals surface area (Å²) < 4.78 is 0.962. The van der Waals surface area contributed by atoms with Gasteiger partial charge in [-0.05, 0) is 44.9 Å². The molecule has 5 heteroatoms. The van der Waals surface area contributed by atoms with Gasteiger partial charge in [0.1, 0.15) is 6.09 Å². The predicted molar refractivity (Wildman–Crippen MR) is 75.7 cm³/mol. The fourth-order valence-corrected chi connectivity index (χ4v) is 2.37. The van der Waals surface area contributed by atoms with Crippen molar-refractivity contribution in [2.75, 3.05) is 6.61 Å². The summed E-state index contributed by atoms with van der Waals surface area (Å²) in [5, 5.41) is 20.8. The summed E-state index contributed by atoms with van der Waals surface area (Å²) in [6, 6.07) is 7.09. The molecule has 19 heavy (non-hydrogen) atoms. The Morgan fingerprint density at radius 1 is 1.37 bits per heavy atom. The standard InChI is InChI=1S/C14H20BrNO3/c1-14(2,3)16(13(18)19)12(9-17)8-10-4-6-11(15)7-5-10/h4-7,12,17H,8-9H2,1-3H3,(H,18,19)/p-1/t12-/m0/s1. The zero-order chi connectivity index (χ0) is 14.6. The van der Waals surface area contributed by atoms with Crippen LogP contribution >= 0.6 is 15.9 Å². The third kappa shape index (κ3) is 4.51. The molecule has 1 rings (SSSR count). The molecule has 0 aliphatic carbocycles. The van der Waals surface area contributed by atoms with E-state index in [1.165, 1.54) is 4.90 Å². The maximum atomic E-state index is 11.3. The van der Waals surface area contributed by atoms with Gasteiger partial charge in [-0.3, -0.25) is 0 Å². The molecule has 106 valence electrons. The van der Waals surface area contributed by atoms with Crippen LogP contribution in [0.25, 0.3) is 0 Å². The van der Waals surface area contributed by atoms with E-state index >= 15 is 0 Å². The Hall–Kier alpha value is -1.07. The Kier molecular flexibility index (Phi) is 5.38. The van der Waals surface area contributed by atoms with Gasteiger partial charge in [0.05, 0.1) is 12.6 Å². The van der Waals surface area contributed by atoms with Crippen LogP contribution in [0.15, 0.2) is 28.7 Å². The maximum Gasteiger partial charge on any atom is 0.137 e. The SMILES string of the molecule is CC(C)(C)N(C(=O)[O-])[C@H](CO)Cc1ccc(Br)cc1. The van der Waals surface area contributed by atoms with Gasteiger partial charge in [0.2, 0.25) is 0 Å². The van der Waals surface area contributed by atoms with Crippen LogP contribution < -0.4 is 5.11 Å². The Bertz CT molecular complexity index is 425. The zero-order valence-corrected chi connectivity index (χ0v) is 13.0. The fourth-order valence-electron chi connectivity index (χ4n) is 2.10. The minimum atomic E-state index is -1.26. The quantitative estimate of drug-likeness (QED) is 0.916. The van der Waals surface area contributed by atoms with Gasteiger partial charge in [-0.2, -0.15) is 0 Å². The number of amides is 1. The second-order valence-electron chi connectivity index (χ2n) is 5.47. The van der Waals surface area contributed by atoms with Gasteiger partial charge in [0.25, 0.3) is 0 Å². The molecule has 0 bridgehead atoms. The van der Waals surface area contributed by atoms with E-state index in [1.807, 2.05) is 24.3 Å². The lowest BCUT2D eigenvalue weighted by atomic mass is 9.99. The second-order valence-corrected chi connectivity index (χ2v) is 6.39. The summed E-state index contributed by atoms with van der Waals surface area (Å²) in [6.45, 7) is 5.12. The minimum Gasteiger partial charge on any atom is -0.530 e. The predicted octanol–water partition coefficient (Wildman–Crippen LogP) is 1.80. The molecule has 1 aromatic carbocycles. The van der Waals surface area contributed by atoms with Crippen LogP contribution in [0.5, 0.6) is 0 Å². The molecule has 0 unspecified atom stereocenters. The van der Waals surface area contributed by atoms with Crippen molar-refractivity contribution >= 4 is 22.0 Å². The number of carbonyl (C=O) groups is 1. The smallest absolute Gasteiger partial charge is 0.137 e. The van der Waals surface area contributed by atoms with Crippen LogP contribution in [0.2, 0.25) is 0 Å². The topological polar surface area (TPSA) is 63.6 Å². The van der Waals surface area contributed by atoms with Gasteiger partial charge in [-0.25, -0.2) is 0 Å². The number of aliphatic hydroxyl groups is 1. The fraction of sp³-hybridized carbons (Fsp3) is 0.500. The highest BCUT2D eigenvalue weighted by molar-refractivity contribution is 9.10. The first-order valence-electron chi connectivity index (χ1n) is 6.11. The van der Waals surface area contributed by atoms with E-state index in [9.17, 15) is 15.0 Å². The van der Waals surface area contributed by atoms with E-state index in [-0.39, 0.29) is 6.61 Å². The minimum absolute atomic E-state index is 0.235. The highest BCUT2D eigenvalue weighted by Gasteiger charge is 2.28. The van der Waals surface area contributed by atoms with Crippen molar-refractivity contribution in [1.29, 1.82) is 0 Å². The lowest BCUT2D eigenvalue weighted by Crippen LogP contribution is -2.58. The van der Waals surface area contributed by atoms with Crippen LogP contribution in [-0.4, -0.2) is 34.3 Å². The number of rotatable bonds is 4. The third-order valence-corrected chi connectivity index (χ3v) is 3.41. The summed E-state index contributed by atoms with van der Waals surface area (Å²) in [4.78, 5) is 12.5. The third-order valence-electron chi connectivity index (χ3n) is 2.88. The summed E-state index contributed by atoms with van der Waals surface area (Å²) in [5.74, 6) is 0. The van der Waals surface area contributed by atoms with Crippen LogP contribution in [0.3, 0.4) is 0 Å². The normalized spacial score (nSPS) is 13.1. The van der Waals surface area contributed by atoms with E-state index in [2.05, 4.69) is 15.9 Å².